The van der Waals surface area contributed by atoms with Gasteiger partial charge in [0.15, 0.2) is 0 Å². The van der Waals surface area contributed by atoms with E-state index in [1.807, 2.05) is 73.7 Å². The van der Waals surface area contributed by atoms with E-state index >= 15 is 0 Å². The van der Waals surface area contributed by atoms with Crippen molar-refractivity contribution in [3.8, 4) is 17.0 Å². The highest BCUT2D eigenvalue weighted by molar-refractivity contribution is 7.98. The topological polar surface area (TPSA) is 83.6 Å². The molecule has 8 heteroatoms. The second-order valence-corrected chi connectivity index (χ2v) is 12.2. The summed E-state index contributed by atoms with van der Waals surface area (Å²) in [7, 11) is 3.79. The third kappa shape index (κ3) is 7.75. The number of fused-ring (bicyclic) bond motifs is 1. The molecule has 0 aliphatic carbocycles. The SMILES string of the molecule is COc1ccc(-c2cc(C(=O)NC(CSCc3ccccc3)C(=O)NCCC3CCCN3C)c3ccccc3n2)cc1C. The van der Waals surface area contributed by atoms with Gasteiger partial charge in [-0.1, -0.05) is 48.5 Å². The van der Waals surface area contributed by atoms with Crippen LogP contribution in [0.5, 0.6) is 5.75 Å². The van der Waals surface area contributed by atoms with Crippen LogP contribution in [0.2, 0.25) is 0 Å². The quantitative estimate of drug-likeness (QED) is 0.214. The van der Waals surface area contributed by atoms with E-state index in [-0.39, 0.29) is 11.8 Å². The number of carbonyl (C=O) groups excluding carboxylic acids is 2. The minimum atomic E-state index is -0.680. The highest BCUT2D eigenvalue weighted by Gasteiger charge is 2.25. The number of nitrogens with one attached hydrogen (secondary N) is 2. The first-order valence-electron chi connectivity index (χ1n) is 14.9. The molecule has 2 N–H and O–H groups in total. The molecule has 1 fully saturated rings. The average Bonchev–Trinajstić information content (AvgIpc) is 3.44. The van der Waals surface area contributed by atoms with Crippen molar-refractivity contribution in [3.63, 3.8) is 0 Å². The van der Waals surface area contributed by atoms with Gasteiger partial charge in [0.25, 0.3) is 5.91 Å². The van der Waals surface area contributed by atoms with E-state index in [0.29, 0.717) is 29.6 Å². The number of aryl methyl sites for hydroxylation is 1. The number of rotatable bonds is 12. The normalized spacial score (nSPS) is 15.7. The Kier molecular flexibility index (Phi) is 10.3. The van der Waals surface area contributed by atoms with Crippen molar-refractivity contribution >= 4 is 34.5 Å². The number of para-hydroxylation sites is 1. The van der Waals surface area contributed by atoms with Gasteiger partial charge in [-0.25, -0.2) is 4.98 Å². The molecule has 224 valence electrons. The van der Waals surface area contributed by atoms with Crippen molar-refractivity contribution in [2.75, 3.05) is 33.0 Å². The van der Waals surface area contributed by atoms with Crippen LogP contribution in [0.15, 0.2) is 78.9 Å². The summed E-state index contributed by atoms with van der Waals surface area (Å²) in [6.45, 7) is 3.67. The van der Waals surface area contributed by atoms with Gasteiger partial charge in [-0.2, -0.15) is 11.8 Å². The highest BCUT2D eigenvalue weighted by atomic mass is 32.2. The number of aromatic nitrogens is 1. The Bertz CT molecular complexity index is 1560. The van der Waals surface area contributed by atoms with E-state index in [1.54, 1.807) is 18.9 Å². The van der Waals surface area contributed by atoms with Gasteiger partial charge in [0, 0.05) is 35.0 Å². The number of ether oxygens (including phenoxy) is 1. The van der Waals surface area contributed by atoms with Crippen molar-refractivity contribution in [2.24, 2.45) is 0 Å². The van der Waals surface area contributed by atoms with Gasteiger partial charge in [-0.15, -0.1) is 0 Å². The number of pyridine rings is 1. The number of hydrogen-bond acceptors (Lipinski definition) is 6. The first-order valence-corrected chi connectivity index (χ1v) is 16.0. The molecule has 7 nitrogen and oxygen atoms in total. The summed E-state index contributed by atoms with van der Waals surface area (Å²) in [5, 5.41) is 6.93. The van der Waals surface area contributed by atoms with Gasteiger partial charge in [0.05, 0.1) is 23.9 Å². The molecule has 1 saturated heterocycles. The van der Waals surface area contributed by atoms with E-state index in [0.717, 1.165) is 52.9 Å². The molecule has 0 radical (unpaired) electrons. The van der Waals surface area contributed by atoms with Crippen molar-refractivity contribution in [2.45, 2.75) is 44.0 Å². The largest absolute Gasteiger partial charge is 0.496 e. The van der Waals surface area contributed by atoms with Crippen LogP contribution in [-0.4, -0.2) is 66.8 Å². The monoisotopic (exact) mass is 596 g/mol. The molecule has 4 aromatic rings. The van der Waals surface area contributed by atoms with Gasteiger partial charge in [0.2, 0.25) is 5.91 Å². The summed E-state index contributed by atoms with van der Waals surface area (Å²) in [5.41, 5.74) is 4.96. The van der Waals surface area contributed by atoms with Crippen LogP contribution in [-0.2, 0) is 10.5 Å². The molecular formula is C35H40N4O3S. The molecule has 0 bridgehead atoms. The third-order valence-corrected chi connectivity index (χ3v) is 9.22. The van der Waals surface area contributed by atoms with Gasteiger partial charge in [0.1, 0.15) is 11.8 Å². The number of benzene rings is 3. The molecule has 43 heavy (non-hydrogen) atoms. The van der Waals surface area contributed by atoms with E-state index in [2.05, 4.69) is 34.7 Å². The third-order valence-electron chi connectivity index (χ3n) is 8.12. The number of likely N-dealkylation sites (tertiary alicyclic amines) is 1. The predicted molar refractivity (Wildman–Crippen MR) is 176 cm³/mol. The van der Waals surface area contributed by atoms with Crippen molar-refractivity contribution < 1.29 is 14.3 Å². The lowest BCUT2D eigenvalue weighted by molar-refractivity contribution is -0.122. The number of hydrogen-bond donors (Lipinski definition) is 2. The van der Waals surface area contributed by atoms with Crippen LogP contribution in [0.1, 0.15) is 40.7 Å². The Hall–Kier alpha value is -3.88. The van der Waals surface area contributed by atoms with Gasteiger partial charge < -0.3 is 20.3 Å². The van der Waals surface area contributed by atoms with Crippen LogP contribution in [0.4, 0.5) is 0 Å². The fraction of sp³-hybridized carbons (Fsp3) is 0.343. The van der Waals surface area contributed by atoms with Gasteiger partial charge in [-0.05, 0) is 81.2 Å². The standard InChI is InChI=1S/C35H40N4O3S/c1-24-20-26(15-16-33(24)42-3)31-21-29(28-13-7-8-14-30(28)37-31)34(40)38-32(23-43-22-25-10-5-4-6-11-25)35(41)36-18-17-27-12-9-19-39(27)2/h4-8,10-11,13-16,20-21,27,32H,9,12,17-19,22-23H2,1-3H3,(H,36,41)(H,38,40). The molecule has 2 amide bonds. The molecule has 1 aromatic heterocycles. The highest BCUT2D eigenvalue weighted by Crippen LogP contribution is 2.29. The van der Waals surface area contributed by atoms with Crippen LogP contribution >= 0.6 is 11.8 Å². The summed E-state index contributed by atoms with van der Waals surface area (Å²) in [6, 6.07) is 25.3. The summed E-state index contributed by atoms with van der Waals surface area (Å²) in [4.78, 5) is 34.6. The molecule has 0 spiro atoms. The molecule has 0 saturated carbocycles. The molecule has 2 unspecified atom stereocenters. The van der Waals surface area contributed by atoms with E-state index in [4.69, 9.17) is 9.72 Å². The summed E-state index contributed by atoms with van der Waals surface area (Å²) in [5.74, 6) is 1.57. The van der Waals surface area contributed by atoms with Crippen molar-refractivity contribution in [3.05, 3.63) is 95.6 Å². The molecule has 5 rings (SSSR count). The minimum Gasteiger partial charge on any atom is -0.496 e. The first kappa shape index (κ1) is 30.6. The van der Waals surface area contributed by atoms with E-state index < -0.39 is 6.04 Å². The summed E-state index contributed by atoms with van der Waals surface area (Å²) >= 11 is 1.64. The Labute approximate surface area is 258 Å². The second kappa shape index (κ2) is 14.5. The lowest BCUT2D eigenvalue weighted by atomic mass is 10.0. The molecular weight excluding hydrogens is 556 g/mol. The maximum absolute atomic E-state index is 13.9. The Morgan fingerprint density at radius 2 is 1.86 bits per heavy atom. The number of carbonyl (C=O) groups is 2. The van der Waals surface area contributed by atoms with Crippen LogP contribution < -0.4 is 15.4 Å². The smallest absolute Gasteiger partial charge is 0.252 e. The van der Waals surface area contributed by atoms with Crippen LogP contribution in [0.3, 0.4) is 0 Å². The van der Waals surface area contributed by atoms with E-state index in [9.17, 15) is 9.59 Å². The van der Waals surface area contributed by atoms with Crippen molar-refractivity contribution in [1.29, 1.82) is 0 Å². The Balaban J connectivity index is 1.36. The maximum atomic E-state index is 13.9. The molecule has 3 aromatic carbocycles. The van der Waals surface area contributed by atoms with Crippen molar-refractivity contribution in [1.82, 2.24) is 20.5 Å². The van der Waals surface area contributed by atoms with Gasteiger partial charge in [-0.3, -0.25) is 9.59 Å². The summed E-state index contributed by atoms with van der Waals surface area (Å²) < 4.78 is 5.43. The first-order chi connectivity index (χ1) is 20.9. The van der Waals surface area contributed by atoms with E-state index in [1.165, 1.54) is 12.0 Å². The molecule has 1 aliphatic rings. The lowest BCUT2D eigenvalue weighted by Crippen LogP contribution is -2.49. The van der Waals surface area contributed by atoms with Gasteiger partial charge >= 0.3 is 0 Å². The number of thioether (sulfide) groups is 1. The average molecular weight is 597 g/mol. The maximum Gasteiger partial charge on any atom is 0.252 e. The fourth-order valence-electron chi connectivity index (χ4n) is 5.67. The number of amides is 2. The molecule has 1 aliphatic heterocycles. The number of methoxy groups -OCH3 is 1. The predicted octanol–water partition coefficient (Wildman–Crippen LogP) is 5.85. The lowest BCUT2D eigenvalue weighted by Gasteiger charge is -2.22. The zero-order valence-electron chi connectivity index (χ0n) is 25.1. The Morgan fingerprint density at radius 3 is 2.60 bits per heavy atom. The zero-order valence-corrected chi connectivity index (χ0v) is 26.0. The zero-order chi connectivity index (χ0) is 30.2. The molecule has 2 heterocycles. The second-order valence-electron chi connectivity index (χ2n) is 11.1. The van der Waals surface area contributed by atoms with Crippen LogP contribution in [0.25, 0.3) is 22.2 Å². The van der Waals surface area contributed by atoms with Crippen LogP contribution in [0, 0.1) is 6.92 Å². The summed E-state index contributed by atoms with van der Waals surface area (Å²) in [6.07, 6.45) is 3.26. The minimum absolute atomic E-state index is 0.154. The fourth-order valence-corrected chi connectivity index (χ4v) is 6.68. The molecule has 2 atom stereocenters. The number of nitrogens with zero attached hydrogens (tertiary/aromatic N) is 2. The Morgan fingerprint density at radius 1 is 1.07 bits per heavy atom.